The van der Waals surface area contributed by atoms with E-state index < -0.39 is 0 Å². The summed E-state index contributed by atoms with van der Waals surface area (Å²) in [5.74, 6) is 0.0547. The van der Waals surface area contributed by atoms with Gasteiger partial charge in [0.15, 0.2) is 0 Å². The number of amides is 1. The molecule has 0 saturated carbocycles. The molecule has 130 valence electrons. The molecule has 7 nitrogen and oxygen atoms in total. The van der Waals surface area contributed by atoms with Gasteiger partial charge < -0.3 is 9.88 Å². The van der Waals surface area contributed by atoms with Crippen molar-refractivity contribution in [3.05, 3.63) is 66.9 Å². The summed E-state index contributed by atoms with van der Waals surface area (Å²) in [5, 5.41) is 7.63. The summed E-state index contributed by atoms with van der Waals surface area (Å²) in [6, 6.07) is 11.5. The molecule has 7 heteroatoms. The van der Waals surface area contributed by atoms with Gasteiger partial charge in [0.2, 0.25) is 0 Å². The highest BCUT2D eigenvalue weighted by Crippen LogP contribution is 2.21. The van der Waals surface area contributed by atoms with Crippen LogP contribution < -0.4 is 0 Å². The Kier molecular flexibility index (Phi) is 4.42. The summed E-state index contributed by atoms with van der Waals surface area (Å²) >= 11 is 0. The number of aromatic amines is 2. The lowest BCUT2D eigenvalue weighted by atomic mass is 10.2. The zero-order valence-electron chi connectivity index (χ0n) is 14.1. The Balaban J connectivity index is 0.000000240. The van der Waals surface area contributed by atoms with Crippen molar-refractivity contribution in [3.8, 4) is 11.3 Å². The van der Waals surface area contributed by atoms with Gasteiger partial charge in [0.25, 0.3) is 5.91 Å². The quantitative estimate of drug-likeness (QED) is 0.584. The zero-order valence-corrected chi connectivity index (χ0v) is 14.1. The lowest BCUT2D eigenvalue weighted by Crippen LogP contribution is -2.42. The fourth-order valence-electron chi connectivity index (χ4n) is 2.67. The summed E-state index contributed by atoms with van der Waals surface area (Å²) in [7, 11) is 0. The van der Waals surface area contributed by atoms with Crippen LogP contribution in [0.4, 0.5) is 0 Å². The van der Waals surface area contributed by atoms with Gasteiger partial charge in [-0.2, -0.15) is 5.10 Å². The van der Waals surface area contributed by atoms with Crippen LogP contribution in [0.1, 0.15) is 16.9 Å². The van der Waals surface area contributed by atoms with Crippen LogP contribution in [0.15, 0.2) is 61.2 Å². The molecule has 4 aromatic rings. The predicted octanol–water partition coefficient (Wildman–Crippen LogP) is 2.88. The Morgan fingerprint density at radius 3 is 2.54 bits per heavy atom. The van der Waals surface area contributed by atoms with Crippen LogP contribution in [0.3, 0.4) is 0 Å². The highest BCUT2D eigenvalue weighted by molar-refractivity contribution is 5.97. The third-order valence-corrected chi connectivity index (χ3v) is 4.21. The number of likely N-dealkylation sites (tertiary alicyclic amines) is 1. The monoisotopic (exact) mass is 346 g/mol. The second-order valence-electron chi connectivity index (χ2n) is 5.97. The van der Waals surface area contributed by atoms with Crippen LogP contribution >= 0.6 is 0 Å². The van der Waals surface area contributed by atoms with Crippen LogP contribution in [-0.4, -0.2) is 49.0 Å². The molecule has 0 radical (unpaired) electrons. The van der Waals surface area contributed by atoms with E-state index in [9.17, 15) is 4.79 Å². The molecule has 1 saturated heterocycles. The first kappa shape index (κ1) is 16.0. The highest BCUT2D eigenvalue weighted by atomic mass is 16.2. The van der Waals surface area contributed by atoms with E-state index in [0.29, 0.717) is 5.69 Å². The molecule has 1 aliphatic heterocycles. The first-order valence-corrected chi connectivity index (χ1v) is 8.44. The van der Waals surface area contributed by atoms with E-state index in [2.05, 4.69) is 25.1 Å². The number of rotatable bonds is 2. The normalized spacial score (nSPS) is 13.0. The van der Waals surface area contributed by atoms with Crippen LogP contribution in [0.5, 0.6) is 0 Å². The molecule has 0 aromatic carbocycles. The molecule has 0 unspecified atom stereocenters. The van der Waals surface area contributed by atoms with Gasteiger partial charge in [-0.15, -0.1) is 0 Å². The zero-order chi connectivity index (χ0) is 17.8. The Bertz CT molecular complexity index is 963. The minimum atomic E-state index is 0.0547. The Morgan fingerprint density at radius 1 is 1.12 bits per heavy atom. The van der Waals surface area contributed by atoms with E-state index in [0.717, 1.165) is 41.8 Å². The summed E-state index contributed by atoms with van der Waals surface area (Å²) in [6.07, 6.45) is 8.11. The molecule has 26 heavy (non-hydrogen) atoms. The number of hydrogen-bond acceptors (Lipinski definition) is 4. The molecule has 1 amide bonds. The predicted molar refractivity (Wildman–Crippen MR) is 98.4 cm³/mol. The maximum absolute atomic E-state index is 12.2. The number of pyridine rings is 2. The number of carbonyl (C=O) groups excluding carboxylic acids is 1. The van der Waals surface area contributed by atoms with Crippen molar-refractivity contribution in [2.45, 2.75) is 6.42 Å². The topological polar surface area (TPSA) is 90.6 Å². The van der Waals surface area contributed by atoms with Crippen molar-refractivity contribution >= 4 is 16.9 Å². The van der Waals surface area contributed by atoms with Gasteiger partial charge in [-0.25, -0.2) is 4.98 Å². The largest absolute Gasteiger partial charge is 0.337 e. The molecule has 0 spiro atoms. The molecule has 5 rings (SSSR count). The van der Waals surface area contributed by atoms with Gasteiger partial charge in [-0.05, 0) is 36.8 Å². The molecule has 4 aromatic heterocycles. The van der Waals surface area contributed by atoms with Crippen LogP contribution in [-0.2, 0) is 0 Å². The van der Waals surface area contributed by atoms with E-state index in [1.165, 1.54) is 0 Å². The van der Waals surface area contributed by atoms with E-state index >= 15 is 0 Å². The number of nitrogens with one attached hydrogen (secondary N) is 2. The van der Waals surface area contributed by atoms with E-state index in [4.69, 9.17) is 0 Å². The lowest BCUT2D eigenvalue weighted by molar-refractivity contribution is 0.0646. The van der Waals surface area contributed by atoms with E-state index in [1.54, 1.807) is 24.8 Å². The molecule has 0 aliphatic carbocycles. The molecule has 1 aliphatic rings. The number of H-pyrrole nitrogens is 2. The average molecular weight is 346 g/mol. The second-order valence-corrected chi connectivity index (χ2v) is 5.97. The number of fused-ring (bicyclic) bond motifs is 1. The standard InChI is InChI=1S/C14H13N5O.C5H5N/c20-14(19-4-1-5-19)12-6-9-2-3-11(17-13(9)18-12)10-7-15-16-8-10;1-2-4-6-5-3-1/h2-3,6-8H,1,4-5H2,(H,15,16)(H,17,18);1-5H. The second kappa shape index (κ2) is 7.18. The minimum absolute atomic E-state index is 0.0547. The summed E-state index contributed by atoms with van der Waals surface area (Å²) in [6.45, 7) is 1.70. The van der Waals surface area contributed by atoms with Crippen LogP contribution in [0, 0.1) is 0 Å². The first-order chi connectivity index (χ1) is 12.8. The van der Waals surface area contributed by atoms with Crippen molar-refractivity contribution in [2.75, 3.05) is 13.1 Å². The van der Waals surface area contributed by atoms with Crippen molar-refractivity contribution in [3.63, 3.8) is 0 Å². The molecule has 0 atom stereocenters. The summed E-state index contributed by atoms with van der Waals surface area (Å²) in [5.41, 5.74) is 3.09. The molecule has 0 bridgehead atoms. The maximum Gasteiger partial charge on any atom is 0.270 e. The summed E-state index contributed by atoms with van der Waals surface area (Å²) in [4.78, 5) is 25.4. The smallest absolute Gasteiger partial charge is 0.270 e. The number of nitrogens with zero attached hydrogens (tertiary/aromatic N) is 4. The number of aromatic nitrogens is 5. The van der Waals surface area contributed by atoms with Gasteiger partial charge in [-0.3, -0.25) is 14.9 Å². The number of hydrogen-bond donors (Lipinski definition) is 2. The molecule has 2 N–H and O–H groups in total. The van der Waals surface area contributed by atoms with Gasteiger partial charge in [-0.1, -0.05) is 6.07 Å². The first-order valence-electron chi connectivity index (χ1n) is 8.44. The third-order valence-electron chi connectivity index (χ3n) is 4.21. The fourth-order valence-corrected chi connectivity index (χ4v) is 2.67. The van der Waals surface area contributed by atoms with E-state index in [-0.39, 0.29) is 5.91 Å². The molecular formula is C19H18N6O. The maximum atomic E-state index is 12.2. The van der Waals surface area contributed by atoms with Crippen molar-refractivity contribution in [2.24, 2.45) is 0 Å². The van der Waals surface area contributed by atoms with Crippen LogP contribution in [0.25, 0.3) is 22.3 Å². The summed E-state index contributed by atoms with van der Waals surface area (Å²) < 4.78 is 0. The van der Waals surface area contributed by atoms with E-state index in [1.807, 2.05) is 41.3 Å². The van der Waals surface area contributed by atoms with Crippen molar-refractivity contribution < 1.29 is 4.79 Å². The minimum Gasteiger partial charge on any atom is -0.337 e. The Hall–Kier alpha value is -3.48. The fraction of sp³-hybridized carbons (Fsp3) is 0.158. The van der Waals surface area contributed by atoms with Gasteiger partial charge >= 0.3 is 0 Å². The van der Waals surface area contributed by atoms with Gasteiger partial charge in [0.1, 0.15) is 11.3 Å². The Labute approximate surface area is 150 Å². The van der Waals surface area contributed by atoms with Gasteiger partial charge in [0, 0.05) is 42.6 Å². The Morgan fingerprint density at radius 2 is 1.96 bits per heavy atom. The van der Waals surface area contributed by atoms with Gasteiger partial charge in [0.05, 0.1) is 11.9 Å². The number of carbonyl (C=O) groups is 1. The van der Waals surface area contributed by atoms with Crippen LogP contribution in [0.2, 0.25) is 0 Å². The highest BCUT2D eigenvalue weighted by Gasteiger charge is 2.23. The molecular weight excluding hydrogens is 328 g/mol. The van der Waals surface area contributed by atoms with Crippen molar-refractivity contribution in [1.82, 2.24) is 30.0 Å². The molecule has 5 heterocycles. The third kappa shape index (κ3) is 3.32. The molecule has 1 fully saturated rings. The lowest BCUT2D eigenvalue weighted by Gasteiger charge is -2.30. The van der Waals surface area contributed by atoms with Crippen molar-refractivity contribution in [1.29, 1.82) is 0 Å². The average Bonchev–Trinajstić information content (AvgIpc) is 3.31. The SMILES string of the molecule is O=C(c1cc2ccc(-c3cn[nH]c3)nc2[nH]1)N1CCC1.c1ccncc1.